The molecule has 0 bridgehead atoms. The fraction of sp³-hybridized carbons (Fsp3) is 0.333. The first kappa shape index (κ1) is 20.8. The third-order valence-electron chi connectivity index (χ3n) is 4.76. The number of ether oxygens (including phenoxy) is 2. The number of amides is 3. The average Bonchev–Trinajstić information content (AvgIpc) is 2.75. The van der Waals surface area contributed by atoms with Crippen LogP contribution in [-0.4, -0.2) is 61.6 Å². The van der Waals surface area contributed by atoms with Crippen molar-refractivity contribution in [2.75, 3.05) is 45.2 Å². The molecule has 154 valence electrons. The van der Waals surface area contributed by atoms with Crippen molar-refractivity contribution in [1.82, 2.24) is 9.80 Å². The zero-order valence-electron chi connectivity index (χ0n) is 16.5. The third kappa shape index (κ3) is 5.32. The Hall–Kier alpha value is -2.93. The van der Waals surface area contributed by atoms with Crippen LogP contribution < -0.4 is 14.8 Å². The maximum atomic E-state index is 12.5. The average molecular weight is 418 g/mol. The van der Waals surface area contributed by atoms with Gasteiger partial charge in [0.1, 0.15) is 0 Å². The first-order valence-electron chi connectivity index (χ1n) is 9.33. The van der Waals surface area contributed by atoms with Crippen molar-refractivity contribution in [3.8, 4) is 11.5 Å². The van der Waals surface area contributed by atoms with Crippen LogP contribution in [0.1, 0.15) is 5.56 Å². The molecule has 0 spiro atoms. The lowest BCUT2D eigenvalue weighted by Crippen LogP contribution is -2.52. The summed E-state index contributed by atoms with van der Waals surface area (Å²) in [5, 5.41) is 3.45. The van der Waals surface area contributed by atoms with Crippen LogP contribution in [0, 0.1) is 6.92 Å². The third-order valence-corrected chi connectivity index (χ3v) is 5.17. The molecule has 1 heterocycles. The van der Waals surface area contributed by atoms with E-state index in [-0.39, 0.29) is 18.5 Å². The maximum absolute atomic E-state index is 12.5. The van der Waals surface area contributed by atoms with Crippen molar-refractivity contribution in [3.05, 3.63) is 53.1 Å². The van der Waals surface area contributed by atoms with Crippen molar-refractivity contribution < 1.29 is 19.1 Å². The number of hydrogen-bond acceptors (Lipinski definition) is 4. The van der Waals surface area contributed by atoms with Crippen LogP contribution in [0.25, 0.3) is 0 Å². The Morgan fingerprint density at radius 3 is 2.34 bits per heavy atom. The standard InChI is InChI=1S/C21H24ClN3O4/c1-15-7-8-16(13-17(15)22)23-21(27)25-11-9-24(10-12-25)20(26)14-29-19-6-4-3-5-18(19)28-2/h3-8,13H,9-12,14H2,1-2H3,(H,23,27). The van der Waals surface area contributed by atoms with Crippen molar-refractivity contribution in [2.24, 2.45) is 0 Å². The Morgan fingerprint density at radius 2 is 1.69 bits per heavy atom. The van der Waals surface area contributed by atoms with E-state index in [4.69, 9.17) is 21.1 Å². The first-order chi connectivity index (χ1) is 14.0. The van der Waals surface area contributed by atoms with Crippen molar-refractivity contribution in [1.29, 1.82) is 0 Å². The lowest BCUT2D eigenvalue weighted by molar-refractivity contribution is -0.134. The van der Waals surface area contributed by atoms with Crippen LogP contribution in [0.4, 0.5) is 10.5 Å². The van der Waals surface area contributed by atoms with E-state index in [1.807, 2.05) is 31.2 Å². The molecule has 3 amide bonds. The molecule has 0 aliphatic carbocycles. The number of piperazine rings is 1. The topological polar surface area (TPSA) is 71.1 Å². The molecule has 1 aliphatic rings. The van der Waals surface area contributed by atoms with Crippen LogP contribution in [0.3, 0.4) is 0 Å². The second kappa shape index (κ2) is 9.52. The summed E-state index contributed by atoms with van der Waals surface area (Å²) in [7, 11) is 1.55. The highest BCUT2D eigenvalue weighted by atomic mass is 35.5. The highest BCUT2D eigenvalue weighted by Gasteiger charge is 2.24. The Kier molecular flexibility index (Phi) is 6.82. The number of carbonyl (C=O) groups is 2. The molecule has 2 aromatic rings. The molecule has 29 heavy (non-hydrogen) atoms. The molecule has 1 saturated heterocycles. The minimum Gasteiger partial charge on any atom is -0.493 e. The van der Waals surface area contributed by atoms with Gasteiger partial charge in [-0.1, -0.05) is 29.8 Å². The summed E-state index contributed by atoms with van der Waals surface area (Å²) in [4.78, 5) is 28.3. The van der Waals surface area contributed by atoms with Crippen LogP contribution in [0.15, 0.2) is 42.5 Å². The van der Waals surface area contributed by atoms with E-state index in [0.717, 1.165) is 5.56 Å². The van der Waals surface area contributed by atoms with Gasteiger partial charge in [0.05, 0.1) is 7.11 Å². The van der Waals surface area contributed by atoms with Crippen LogP contribution in [0.2, 0.25) is 5.02 Å². The molecule has 3 rings (SSSR count). The lowest BCUT2D eigenvalue weighted by atomic mass is 10.2. The number of methoxy groups -OCH3 is 1. The molecule has 0 aromatic heterocycles. The molecule has 1 N–H and O–H groups in total. The predicted octanol–water partition coefficient (Wildman–Crippen LogP) is 3.41. The molecule has 8 heteroatoms. The van der Waals surface area contributed by atoms with Crippen LogP contribution in [-0.2, 0) is 4.79 Å². The number of hydrogen-bond donors (Lipinski definition) is 1. The minimum absolute atomic E-state index is 0.0750. The van der Waals surface area contributed by atoms with Gasteiger partial charge >= 0.3 is 6.03 Å². The maximum Gasteiger partial charge on any atom is 0.321 e. The SMILES string of the molecule is COc1ccccc1OCC(=O)N1CCN(C(=O)Nc2ccc(C)c(Cl)c2)CC1. The van der Waals surface area contributed by atoms with Gasteiger partial charge in [0.15, 0.2) is 18.1 Å². The van der Waals surface area contributed by atoms with E-state index in [1.54, 1.807) is 35.1 Å². The number of halogens is 1. The summed E-state index contributed by atoms with van der Waals surface area (Å²) in [5.41, 5.74) is 1.60. The van der Waals surface area contributed by atoms with E-state index < -0.39 is 0 Å². The first-order valence-corrected chi connectivity index (χ1v) is 9.71. The summed E-state index contributed by atoms with van der Waals surface area (Å²) < 4.78 is 10.8. The molecule has 2 aromatic carbocycles. The highest BCUT2D eigenvalue weighted by molar-refractivity contribution is 6.31. The van der Waals surface area contributed by atoms with Gasteiger partial charge in [0.2, 0.25) is 0 Å². The number of nitrogens with zero attached hydrogens (tertiary/aromatic N) is 2. The molecule has 0 saturated carbocycles. The summed E-state index contributed by atoms with van der Waals surface area (Å²) in [6.45, 7) is 3.64. The lowest BCUT2D eigenvalue weighted by Gasteiger charge is -2.34. The number of para-hydroxylation sites is 2. The second-order valence-electron chi connectivity index (χ2n) is 6.70. The minimum atomic E-state index is -0.206. The van der Waals surface area contributed by atoms with Gasteiger partial charge in [-0.05, 0) is 36.8 Å². The Labute approximate surface area is 175 Å². The molecule has 1 aliphatic heterocycles. The molecule has 0 atom stereocenters. The Morgan fingerprint density at radius 1 is 1.03 bits per heavy atom. The number of anilines is 1. The zero-order valence-corrected chi connectivity index (χ0v) is 17.2. The molecular formula is C21H24ClN3O4. The van der Waals surface area contributed by atoms with Gasteiger partial charge < -0.3 is 24.6 Å². The van der Waals surface area contributed by atoms with Gasteiger partial charge in [-0.3, -0.25) is 4.79 Å². The summed E-state index contributed by atoms with van der Waals surface area (Å²) in [6, 6.07) is 12.4. The quantitative estimate of drug-likeness (QED) is 0.809. The molecule has 0 radical (unpaired) electrons. The van der Waals surface area contributed by atoms with E-state index in [0.29, 0.717) is 48.4 Å². The summed E-state index contributed by atoms with van der Waals surface area (Å²) in [6.07, 6.45) is 0. The van der Waals surface area contributed by atoms with E-state index in [1.165, 1.54) is 0 Å². The summed E-state index contributed by atoms with van der Waals surface area (Å²) >= 11 is 6.10. The fourth-order valence-corrected chi connectivity index (χ4v) is 3.18. The second-order valence-corrected chi connectivity index (χ2v) is 7.11. The van der Waals surface area contributed by atoms with Gasteiger partial charge in [-0.15, -0.1) is 0 Å². The number of benzene rings is 2. The van der Waals surface area contributed by atoms with E-state index in [2.05, 4.69) is 5.32 Å². The zero-order chi connectivity index (χ0) is 20.8. The highest BCUT2D eigenvalue weighted by Crippen LogP contribution is 2.25. The molecule has 0 unspecified atom stereocenters. The van der Waals surface area contributed by atoms with Gasteiger partial charge in [0, 0.05) is 36.9 Å². The van der Waals surface area contributed by atoms with E-state index >= 15 is 0 Å². The van der Waals surface area contributed by atoms with E-state index in [9.17, 15) is 9.59 Å². The number of nitrogens with one attached hydrogen (secondary N) is 1. The number of aryl methyl sites for hydroxylation is 1. The number of rotatable bonds is 5. The molecule has 7 nitrogen and oxygen atoms in total. The Balaban J connectivity index is 1.47. The van der Waals surface area contributed by atoms with Crippen molar-refractivity contribution >= 4 is 29.2 Å². The largest absolute Gasteiger partial charge is 0.493 e. The summed E-state index contributed by atoms with van der Waals surface area (Å²) in [5.74, 6) is 0.984. The van der Waals surface area contributed by atoms with Crippen LogP contribution in [0.5, 0.6) is 11.5 Å². The van der Waals surface area contributed by atoms with Gasteiger partial charge in [-0.25, -0.2) is 4.79 Å². The molecule has 1 fully saturated rings. The van der Waals surface area contributed by atoms with Crippen molar-refractivity contribution in [3.63, 3.8) is 0 Å². The van der Waals surface area contributed by atoms with Crippen LogP contribution >= 0.6 is 11.6 Å². The smallest absolute Gasteiger partial charge is 0.321 e. The number of urea groups is 1. The van der Waals surface area contributed by atoms with Crippen molar-refractivity contribution in [2.45, 2.75) is 6.92 Å². The fourth-order valence-electron chi connectivity index (χ4n) is 3.00. The normalized spacial score (nSPS) is 13.8. The molecular weight excluding hydrogens is 394 g/mol. The van der Waals surface area contributed by atoms with Gasteiger partial charge in [0.25, 0.3) is 5.91 Å². The predicted molar refractivity (Wildman–Crippen MR) is 112 cm³/mol. The number of carbonyl (C=O) groups excluding carboxylic acids is 2. The monoisotopic (exact) mass is 417 g/mol. The Bertz CT molecular complexity index is 882. The van der Waals surface area contributed by atoms with Gasteiger partial charge in [-0.2, -0.15) is 0 Å².